The van der Waals surface area contributed by atoms with E-state index in [9.17, 15) is 22.8 Å². The first kappa shape index (κ1) is 24.7. The van der Waals surface area contributed by atoms with Crippen molar-refractivity contribution in [1.29, 1.82) is 0 Å². The first-order valence-corrected chi connectivity index (χ1v) is 13.5. The average Bonchev–Trinajstić information content (AvgIpc) is 3.57. The zero-order valence-corrected chi connectivity index (χ0v) is 21.2. The van der Waals surface area contributed by atoms with Gasteiger partial charge in [0.2, 0.25) is 0 Å². The maximum absolute atomic E-state index is 13.4. The summed E-state index contributed by atoms with van der Waals surface area (Å²) in [4.78, 5) is 37.5. The third-order valence-corrected chi connectivity index (χ3v) is 8.51. The van der Waals surface area contributed by atoms with E-state index in [-0.39, 0.29) is 17.4 Å². The van der Waals surface area contributed by atoms with Crippen LogP contribution in [0.5, 0.6) is 0 Å². The summed E-state index contributed by atoms with van der Waals surface area (Å²) < 4.78 is 40.1. The van der Waals surface area contributed by atoms with Crippen LogP contribution >= 0.6 is 11.3 Å². The molecular formula is C28H25F3N4O2S. The first-order valence-electron chi connectivity index (χ1n) is 12.6. The minimum absolute atomic E-state index is 0.0603. The van der Waals surface area contributed by atoms with Crippen molar-refractivity contribution in [2.75, 3.05) is 19.6 Å². The van der Waals surface area contributed by atoms with E-state index in [2.05, 4.69) is 16.0 Å². The van der Waals surface area contributed by atoms with Gasteiger partial charge in [0.1, 0.15) is 5.69 Å². The number of alkyl halides is 3. The SMILES string of the molecule is O=C(c1csc(C2CCN(C(=O)c3ccccc3C(F)(F)F)CC2)n1)N1CCc2c([nH]c3ccccc23)C1. The van der Waals surface area contributed by atoms with Gasteiger partial charge in [0.25, 0.3) is 11.8 Å². The molecule has 0 bridgehead atoms. The number of para-hydroxylation sites is 1. The molecule has 2 aliphatic rings. The molecule has 2 aromatic heterocycles. The predicted molar refractivity (Wildman–Crippen MR) is 138 cm³/mol. The smallest absolute Gasteiger partial charge is 0.357 e. The topological polar surface area (TPSA) is 69.3 Å². The number of H-pyrrole nitrogens is 1. The lowest BCUT2D eigenvalue weighted by Crippen LogP contribution is -2.38. The average molecular weight is 539 g/mol. The molecular weight excluding hydrogens is 513 g/mol. The van der Waals surface area contributed by atoms with Gasteiger partial charge < -0.3 is 14.8 Å². The number of piperidine rings is 1. The number of thiazole rings is 1. The Labute approximate surface area is 221 Å². The Morgan fingerprint density at radius 1 is 0.947 bits per heavy atom. The number of benzene rings is 2. The van der Waals surface area contributed by atoms with Crippen molar-refractivity contribution >= 4 is 34.1 Å². The number of amides is 2. The van der Waals surface area contributed by atoms with E-state index >= 15 is 0 Å². The number of nitrogens with one attached hydrogen (secondary N) is 1. The maximum Gasteiger partial charge on any atom is 0.417 e. The molecule has 0 saturated carbocycles. The van der Waals surface area contributed by atoms with Crippen LogP contribution in [0.25, 0.3) is 10.9 Å². The molecule has 10 heteroatoms. The highest BCUT2D eigenvalue weighted by Crippen LogP contribution is 2.35. The molecule has 2 aromatic carbocycles. The molecule has 1 saturated heterocycles. The summed E-state index contributed by atoms with van der Waals surface area (Å²) in [5.41, 5.74) is 2.59. The Balaban J connectivity index is 1.10. The normalized spacial score (nSPS) is 16.6. The van der Waals surface area contributed by atoms with Crippen LogP contribution in [0.4, 0.5) is 13.2 Å². The maximum atomic E-state index is 13.4. The van der Waals surface area contributed by atoms with Gasteiger partial charge in [-0.15, -0.1) is 11.3 Å². The van der Waals surface area contributed by atoms with Gasteiger partial charge in [0.15, 0.2) is 0 Å². The lowest BCUT2D eigenvalue weighted by atomic mass is 9.96. The largest absolute Gasteiger partial charge is 0.417 e. The van der Waals surface area contributed by atoms with E-state index in [0.717, 1.165) is 28.7 Å². The van der Waals surface area contributed by atoms with Crippen LogP contribution in [-0.2, 0) is 19.1 Å². The summed E-state index contributed by atoms with van der Waals surface area (Å²) in [5, 5.41) is 3.83. The molecule has 0 unspecified atom stereocenters. The summed E-state index contributed by atoms with van der Waals surface area (Å²) >= 11 is 1.43. The highest BCUT2D eigenvalue weighted by molar-refractivity contribution is 7.09. The molecule has 0 atom stereocenters. The second-order valence-electron chi connectivity index (χ2n) is 9.79. The van der Waals surface area contributed by atoms with Crippen molar-refractivity contribution in [3.63, 3.8) is 0 Å². The summed E-state index contributed by atoms with van der Waals surface area (Å²) in [6.45, 7) is 1.82. The zero-order chi connectivity index (χ0) is 26.4. The van der Waals surface area contributed by atoms with Crippen molar-refractivity contribution in [3.8, 4) is 0 Å². The standard InChI is InChI=1S/C28H25F3N4O2S/c29-28(30,31)21-7-3-1-6-20(21)26(36)34-12-9-17(10-13-34)25-33-24(16-38-25)27(37)35-14-11-19-18-5-2-4-8-22(18)32-23(19)15-35/h1-8,16-17,32H,9-15H2. The quantitative estimate of drug-likeness (QED) is 0.355. The van der Waals surface area contributed by atoms with E-state index in [1.807, 2.05) is 23.1 Å². The number of carbonyl (C=O) groups is 2. The monoisotopic (exact) mass is 538 g/mol. The van der Waals surface area contributed by atoms with Crippen LogP contribution in [0.2, 0.25) is 0 Å². The summed E-state index contributed by atoms with van der Waals surface area (Å²) in [5.74, 6) is -0.647. The number of aromatic nitrogens is 2. The van der Waals surface area contributed by atoms with Gasteiger partial charge in [-0.2, -0.15) is 13.2 Å². The van der Waals surface area contributed by atoms with Crippen LogP contribution in [-0.4, -0.2) is 51.2 Å². The summed E-state index contributed by atoms with van der Waals surface area (Å²) in [6, 6.07) is 13.1. The molecule has 6 nitrogen and oxygen atoms in total. The molecule has 38 heavy (non-hydrogen) atoms. The highest BCUT2D eigenvalue weighted by Gasteiger charge is 2.37. The third-order valence-electron chi connectivity index (χ3n) is 7.51. The molecule has 1 N–H and O–H groups in total. The molecule has 1 fully saturated rings. The molecule has 196 valence electrons. The first-order chi connectivity index (χ1) is 18.3. The second kappa shape index (κ2) is 9.58. The number of rotatable bonds is 3. The fourth-order valence-electron chi connectivity index (χ4n) is 5.52. The summed E-state index contributed by atoms with van der Waals surface area (Å²) in [6.07, 6.45) is -2.63. The van der Waals surface area contributed by atoms with Crippen LogP contribution in [0, 0.1) is 0 Å². The Bertz CT molecular complexity index is 1520. The van der Waals surface area contributed by atoms with E-state index in [0.29, 0.717) is 44.7 Å². The third kappa shape index (κ3) is 4.47. The fraction of sp³-hybridized carbons (Fsp3) is 0.321. The number of hydrogen-bond donors (Lipinski definition) is 1. The van der Waals surface area contributed by atoms with Gasteiger partial charge in [-0.1, -0.05) is 30.3 Å². The van der Waals surface area contributed by atoms with Gasteiger partial charge in [-0.3, -0.25) is 9.59 Å². The number of nitrogens with zero attached hydrogens (tertiary/aromatic N) is 3. The van der Waals surface area contributed by atoms with Crippen molar-refractivity contribution in [1.82, 2.24) is 19.8 Å². The summed E-state index contributed by atoms with van der Waals surface area (Å²) in [7, 11) is 0. The Morgan fingerprint density at radius 2 is 1.68 bits per heavy atom. The Morgan fingerprint density at radius 3 is 2.47 bits per heavy atom. The molecule has 0 spiro atoms. The number of likely N-dealkylation sites (tertiary alicyclic amines) is 1. The number of aromatic amines is 1. The second-order valence-corrected chi connectivity index (χ2v) is 10.7. The molecule has 6 rings (SSSR count). The minimum Gasteiger partial charge on any atom is -0.357 e. The Kier molecular flexibility index (Phi) is 6.22. The highest BCUT2D eigenvalue weighted by atomic mass is 32.1. The number of fused-ring (bicyclic) bond motifs is 3. The van der Waals surface area contributed by atoms with Gasteiger partial charge in [-0.05, 0) is 43.0 Å². The lowest BCUT2D eigenvalue weighted by Gasteiger charge is -2.31. The number of halogens is 3. The zero-order valence-electron chi connectivity index (χ0n) is 20.4. The van der Waals surface area contributed by atoms with Crippen LogP contribution < -0.4 is 0 Å². The van der Waals surface area contributed by atoms with Gasteiger partial charge >= 0.3 is 6.18 Å². The molecule has 2 aliphatic heterocycles. The number of hydrogen-bond acceptors (Lipinski definition) is 4. The number of carbonyl (C=O) groups excluding carboxylic acids is 2. The van der Waals surface area contributed by atoms with Crippen LogP contribution in [0.15, 0.2) is 53.9 Å². The van der Waals surface area contributed by atoms with Gasteiger partial charge in [-0.25, -0.2) is 4.98 Å². The van der Waals surface area contributed by atoms with E-state index < -0.39 is 17.6 Å². The van der Waals surface area contributed by atoms with Crippen molar-refractivity contribution in [2.45, 2.75) is 37.9 Å². The van der Waals surface area contributed by atoms with E-state index in [1.165, 1.54) is 45.4 Å². The predicted octanol–water partition coefficient (Wildman–Crippen LogP) is 5.86. The molecule has 4 heterocycles. The van der Waals surface area contributed by atoms with Crippen LogP contribution in [0.1, 0.15) is 61.4 Å². The van der Waals surface area contributed by atoms with E-state index in [4.69, 9.17) is 0 Å². The fourth-order valence-corrected chi connectivity index (χ4v) is 6.48. The van der Waals surface area contributed by atoms with Gasteiger partial charge in [0.05, 0.1) is 22.7 Å². The van der Waals surface area contributed by atoms with E-state index in [1.54, 1.807) is 5.38 Å². The van der Waals surface area contributed by atoms with Crippen molar-refractivity contribution < 1.29 is 22.8 Å². The van der Waals surface area contributed by atoms with Crippen molar-refractivity contribution in [2.24, 2.45) is 0 Å². The lowest BCUT2D eigenvalue weighted by molar-refractivity contribution is -0.138. The molecule has 0 radical (unpaired) electrons. The van der Waals surface area contributed by atoms with Gasteiger partial charge in [0, 0.05) is 47.5 Å². The van der Waals surface area contributed by atoms with Crippen LogP contribution in [0.3, 0.4) is 0 Å². The molecule has 2 amide bonds. The van der Waals surface area contributed by atoms with Crippen molar-refractivity contribution in [3.05, 3.63) is 87.0 Å². The molecule has 4 aromatic rings. The Hall–Kier alpha value is -3.66. The minimum atomic E-state index is -4.58. The molecule has 0 aliphatic carbocycles.